The Balaban J connectivity index is 3.35. The molecule has 1 atom stereocenters. The zero-order valence-corrected chi connectivity index (χ0v) is 13.7. The molecule has 0 radical (unpaired) electrons. The van der Waals surface area contributed by atoms with E-state index < -0.39 is 14.6 Å². The summed E-state index contributed by atoms with van der Waals surface area (Å²) in [5.74, 6) is 0.694. The molecular formula is C13H19BrO3S. The maximum Gasteiger partial charge on any atom is 0.154 e. The van der Waals surface area contributed by atoms with Crippen LogP contribution in [0.15, 0.2) is 18.2 Å². The van der Waals surface area contributed by atoms with Gasteiger partial charge < -0.3 is 4.74 Å². The predicted molar refractivity (Wildman–Crippen MR) is 78.3 cm³/mol. The monoisotopic (exact) mass is 334 g/mol. The number of hydrogen-bond acceptors (Lipinski definition) is 3. The Bertz CT molecular complexity index is 535. The Labute approximate surface area is 118 Å². The third kappa shape index (κ3) is 2.88. The van der Waals surface area contributed by atoms with E-state index in [-0.39, 0.29) is 4.83 Å². The first-order valence-electron chi connectivity index (χ1n) is 5.59. The van der Waals surface area contributed by atoms with Crippen LogP contribution in [0.2, 0.25) is 0 Å². The van der Waals surface area contributed by atoms with Crippen LogP contribution in [-0.4, -0.2) is 26.5 Å². The molecule has 1 unspecified atom stereocenters. The van der Waals surface area contributed by atoms with Crippen LogP contribution in [0.5, 0.6) is 5.75 Å². The topological polar surface area (TPSA) is 43.4 Å². The van der Waals surface area contributed by atoms with Crippen LogP contribution in [0.1, 0.15) is 29.8 Å². The fraction of sp³-hybridized carbons (Fsp3) is 0.538. The summed E-state index contributed by atoms with van der Waals surface area (Å²) in [4.78, 5) is -0.324. The molecule has 0 heterocycles. The second-order valence-electron chi connectivity index (χ2n) is 4.98. The molecule has 1 aromatic carbocycles. The third-order valence-corrected chi connectivity index (χ3v) is 7.31. The quantitative estimate of drug-likeness (QED) is 0.793. The molecule has 0 aliphatic carbocycles. The fourth-order valence-electron chi connectivity index (χ4n) is 1.61. The van der Waals surface area contributed by atoms with Crippen LogP contribution in [-0.2, 0) is 9.84 Å². The molecule has 0 amide bonds. The van der Waals surface area contributed by atoms with E-state index in [2.05, 4.69) is 15.9 Å². The SMILES string of the molecule is COc1ccc(C)cc1C(Br)C(C)(C)S(C)(=O)=O. The number of methoxy groups -OCH3 is 1. The van der Waals surface area contributed by atoms with Crippen molar-refractivity contribution >= 4 is 25.8 Å². The lowest BCUT2D eigenvalue weighted by atomic mass is 9.99. The molecule has 0 bridgehead atoms. The minimum Gasteiger partial charge on any atom is -0.496 e. The predicted octanol–water partition coefficient (Wildman–Crippen LogP) is 3.26. The summed E-state index contributed by atoms with van der Waals surface area (Å²) in [6, 6.07) is 5.75. The van der Waals surface area contributed by atoms with E-state index in [1.54, 1.807) is 21.0 Å². The molecule has 1 rings (SSSR count). The van der Waals surface area contributed by atoms with Gasteiger partial charge in [0.1, 0.15) is 5.75 Å². The molecule has 1 aromatic rings. The highest BCUT2D eigenvalue weighted by Crippen LogP contribution is 2.43. The van der Waals surface area contributed by atoms with Gasteiger partial charge in [0, 0.05) is 11.8 Å². The van der Waals surface area contributed by atoms with Gasteiger partial charge in [0.25, 0.3) is 0 Å². The fourth-order valence-corrected chi connectivity index (χ4v) is 3.49. The minimum absolute atomic E-state index is 0.324. The summed E-state index contributed by atoms with van der Waals surface area (Å²) in [6.07, 6.45) is 1.25. The number of ether oxygens (including phenoxy) is 1. The highest BCUT2D eigenvalue weighted by molar-refractivity contribution is 9.09. The molecule has 102 valence electrons. The summed E-state index contributed by atoms with van der Waals surface area (Å²) >= 11 is 3.51. The van der Waals surface area contributed by atoms with Gasteiger partial charge in [-0.25, -0.2) is 8.42 Å². The second-order valence-corrected chi connectivity index (χ2v) is 8.50. The maximum atomic E-state index is 11.9. The molecule has 0 aliphatic heterocycles. The molecule has 0 N–H and O–H groups in total. The van der Waals surface area contributed by atoms with Gasteiger partial charge in [0.05, 0.1) is 16.7 Å². The number of benzene rings is 1. The van der Waals surface area contributed by atoms with E-state index in [1.165, 1.54) is 6.26 Å². The summed E-state index contributed by atoms with van der Waals surface area (Å²) in [7, 11) is -1.61. The highest BCUT2D eigenvalue weighted by Gasteiger charge is 2.39. The van der Waals surface area contributed by atoms with Gasteiger partial charge in [-0.1, -0.05) is 33.6 Å². The largest absolute Gasteiger partial charge is 0.496 e. The summed E-state index contributed by atoms with van der Waals surface area (Å²) in [5.41, 5.74) is 1.92. The van der Waals surface area contributed by atoms with E-state index in [1.807, 2.05) is 25.1 Å². The van der Waals surface area contributed by atoms with Crippen molar-refractivity contribution in [3.8, 4) is 5.75 Å². The van der Waals surface area contributed by atoms with Crippen LogP contribution >= 0.6 is 15.9 Å². The first-order chi connectivity index (χ1) is 8.11. The van der Waals surface area contributed by atoms with Crippen LogP contribution in [0.25, 0.3) is 0 Å². The van der Waals surface area contributed by atoms with Crippen molar-refractivity contribution in [1.29, 1.82) is 0 Å². The first-order valence-corrected chi connectivity index (χ1v) is 8.40. The molecule has 18 heavy (non-hydrogen) atoms. The lowest BCUT2D eigenvalue weighted by Gasteiger charge is -2.29. The highest BCUT2D eigenvalue weighted by atomic mass is 79.9. The Morgan fingerprint density at radius 1 is 1.33 bits per heavy atom. The van der Waals surface area contributed by atoms with Crippen LogP contribution < -0.4 is 4.74 Å². The normalized spacial score (nSPS) is 14.3. The van der Waals surface area contributed by atoms with Gasteiger partial charge in [0.2, 0.25) is 0 Å². The number of rotatable bonds is 4. The Morgan fingerprint density at radius 2 is 1.89 bits per heavy atom. The summed E-state index contributed by atoms with van der Waals surface area (Å²) < 4.78 is 28.2. The standard InChI is InChI=1S/C13H19BrO3S/c1-9-6-7-11(17-4)10(8-9)12(14)13(2,3)18(5,15)16/h6-8,12H,1-5H3. The summed E-state index contributed by atoms with van der Waals surface area (Å²) in [6.45, 7) is 5.39. The van der Waals surface area contributed by atoms with Crippen molar-refractivity contribution in [1.82, 2.24) is 0 Å². The second kappa shape index (κ2) is 5.21. The average molecular weight is 335 g/mol. The van der Waals surface area contributed by atoms with Crippen molar-refractivity contribution in [2.45, 2.75) is 30.3 Å². The van der Waals surface area contributed by atoms with E-state index in [4.69, 9.17) is 4.74 Å². The Hall–Kier alpha value is -0.550. The molecule has 3 nitrogen and oxygen atoms in total. The number of hydrogen-bond donors (Lipinski definition) is 0. The van der Waals surface area contributed by atoms with Crippen molar-refractivity contribution in [3.05, 3.63) is 29.3 Å². The molecule has 0 fully saturated rings. The van der Waals surface area contributed by atoms with Crippen LogP contribution in [0.4, 0.5) is 0 Å². The molecule has 0 saturated carbocycles. The van der Waals surface area contributed by atoms with Crippen LogP contribution in [0, 0.1) is 6.92 Å². The number of aryl methyl sites for hydroxylation is 1. The Kier molecular flexibility index (Phi) is 4.49. The van der Waals surface area contributed by atoms with Gasteiger partial charge >= 0.3 is 0 Å². The zero-order chi connectivity index (χ0) is 14.1. The number of sulfone groups is 1. The van der Waals surface area contributed by atoms with Gasteiger partial charge in [0.15, 0.2) is 9.84 Å². The molecule has 0 spiro atoms. The first kappa shape index (κ1) is 15.5. The number of halogens is 1. The minimum atomic E-state index is -3.19. The zero-order valence-electron chi connectivity index (χ0n) is 11.3. The van der Waals surface area contributed by atoms with Crippen molar-refractivity contribution in [2.24, 2.45) is 0 Å². The van der Waals surface area contributed by atoms with Crippen LogP contribution in [0.3, 0.4) is 0 Å². The maximum absolute atomic E-state index is 11.9. The lowest BCUT2D eigenvalue weighted by molar-refractivity contribution is 0.407. The third-order valence-electron chi connectivity index (χ3n) is 3.22. The molecule has 0 aliphatic rings. The van der Waals surface area contributed by atoms with E-state index in [9.17, 15) is 8.42 Å². The van der Waals surface area contributed by atoms with Gasteiger partial charge in [-0.2, -0.15) is 0 Å². The van der Waals surface area contributed by atoms with E-state index in [0.717, 1.165) is 11.1 Å². The lowest BCUT2D eigenvalue weighted by Crippen LogP contribution is -2.35. The Morgan fingerprint density at radius 3 is 2.33 bits per heavy atom. The van der Waals surface area contributed by atoms with Gasteiger partial charge in [-0.05, 0) is 26.8 Å². The van der Waals surface area contributed by atoms with E-state index in [0.29, 0.717) is 5.75 Å². The smallest absolute Gasteiger partial charge is 0.154 e. The van der Waals surface area contributed by atoms with Crippen molar-refractivity contribution in [3.63, 3.8) is 0 Å². The molecular weight excluding hydrogens is 316 g/mol. The number of alkyl halides is 1. The molecule has 5 heteroatoms. The van der Waals surface area contributed by atoms with Gasteiger partial charge in [-0.15, -0.1) is 0 Å². The van der Waals surface area contributed by atoms with Crippen molar-refractivity contribution in [2.75, 3.05) is 13.4 Å². The summed E-state index contributed by atoms with van der Waals surface area (Å²) in [5, 5.41) is 0. The van der Waals surface area contributed by atoms with Crippen molar-refractivity contribution < 1.29 is 13.2 Å². The average Bonchev–Trinajstić information content (AvgIpc) is 2.26. The van der Waals surface area contributed by atoms with E-state index >= 15 is 0 Å². The molecule has 0 aromatic heterocycles. The molecule has 0 saturated heterocycles. The van der Waals surface area contributed by atoms with Gasteiger partial charge in [-0.3, -0.25) is 0 Å².